The van der Waals surface area contributed by atoms with Crippen LogP contribution < -0.4 is 10.2 Å². The van der Waals surface area contributed by atoms with Crippen LogP contribution in [0.15, 0.2) is 41.0 Å². The molecule has 3 heterocycles. The number of nitrogens with zero attached hydrogens (tertiary/aromatic N) is 2. The second-order valence-corrected chi connectivity index (χ2v) is 6.86. The molecule has 2 aliphatic heterocycles. The average Bonchev–Trinajstić information content (AvgIpc) is 3.44. The Balaban J connectivity index is 1.63. The van der Waals surface area contributed by atoms with Crippen LogP contribution >= 0.6 is 0 Å². The molecule has 0 radical (unpaired) electrons. The van der Waals surface area contributed by atoms with Gasteiger partial charge in [-0.3, -0.25) is 9.59 Å². The first-order chi connectivity index (χ1) is 12.7. The van der Waals surface area contributed by atoms with Crippen LogP contribution in [-0.2, 0) is 0 Å². The first-order valence-electron chi connectivity index (χ1n) is 9.25. The molecule has 1 aromatic carbocycles. The van der Waals surface area contributed by atoms with E-state index in [0.29, 0.717) is 11.3 Å². The molecule has 4 rings (SSSR count). The van der Waals surface area contributed by atoms with E-state index in [9.17, 15) is 9.59 Å². The van der Waals surface area contributed by atoms with Crippen LogP contribution in [0, 0.1) is 0 Å². The van der Waals surface area contributed by atoms with Crippen molar-refractivity contribution < 1.29 is 14.0 Å². The van der Waals surface area contributed by atoms with E-state index in [1.807, 2.05) is 17.0 Å². The third-order valence-corrected chi connectivity index (χ3v) is 5.07. The normalized spacial score (nSPS) is 16.9. The van der Waals surface area contributed by atoms with Gasteiger partial charge in [0.1, 0.15) is 0 Å². The van der Waals surface area contributed by atoms with Gasteiger partial charge in [-0.2, -0.15) is 0 Å². The van der Waals surface area contributed by atoms with E-state index < -0.39 is 0 Å². The molecule has 0 bridgehead atoms. The molecular formula is C20H23N3O3. The van der Waals surface area contributed by atoms with E-state index in [1.165, 1.54) is 6.26 Å². The zero-order valence-electron chi connectivity index (χ0n) is 14.7. The van der Waals surface area contributed by atoms with Crippen molar-refractivity contribution in [3.05, 3.63) is 47.9 Å². The monoisotopic (exact) mass is 353 g/mol. The number of hydrogen-bond acceptors (Lipinski definition) is 4. The van der Waals surface area contributed by atoms with Gasteiger partial charge >= 0.3 is 0 Å². The van der Waals surface area contributed by atoms with Crippen LogP contribution in [-0.4, -0.2) is 42.9 Å². The zero-order chi connectivity index (χ0) is 17.9. The van der Waals surface area contributed by atoms with Crippen LogP contribution in [0.2, 0.25) is 0 Å². The number of rotatable bonds is 4. The quantitative estimate of drug-likeness (QED) is 0.915. The van der Waals surface area contributed by atoms with Crippen molar-refractivity contribution in [2.75, 3.05) is 36.4 Å². The number of carbonyl (C=O) groups excluding carboxylic acids is 2. The number of furan rings is 1. The van der Waals surface area contributed by atoms with Crippen molar-refractivity contribution in [1.82, 2.24) is 4.90 Å². The Bertz CT molecular complexity index is 789. The molecule has 6 nitrogen and oxygen atoms in total. The van der Waals surface area contributed by atoms with Crippen molar-refractivity contribution in [1.29, 1.82) is 0 Å². The van der Waals surface area contributed by atoms with Gasteiger partial charge in [-0.15, -0.1) is 0 Å². The lowest BCUT2D eigenvalue weighted by Crippen LogP contribution is -2.30. The number of benzene rings is 1. The summed E-state index contributed by atoms with van der Waals surface area (Å²) in [6, 6.07) is 8.90. The van der Waals surface area contributed by atoms with Gasteiger partial charge in [0.2, 0.25) is 0 Å². The summed E-state index contributed by atoms with van der Waals surface area (Å²) >= 11 is 0. The number of amides is 2. The first kappa shape index (κ1) is 16.7. The maximum atomic E-state index is 13.1. The summed E-state index contributed by atoms with van der Waals surface area (Å²) in [6.07, 6.45) is 5.87. The fourth-order valence-electron chi connectivity index (χ4n) is 3.71. The Labute approximate surface area is 152 Å². The molecule has 2 amide bonds. The van der Waals surface area contributed by atoms with E-state index >= 15 is 0 Å². The average molecular weight is 353 g/mol. The summed E-state index contributed by atoms with van der Waals surface area (Å²) in [6.45, 7) is 3.55. The molecule has 0 unspecified atom stereocenters. The highest BCUT2D eigenvalue weighted by molar-refractivity contribution is 6.05. The molecule has 0 saturated carbocycles. The number of anilines is 2. The smallest absolute Gasteiger partial charge is 0.291 e. The molecule has 2 saturated heterocycles. The molecule has 0 atom stereocenters. The van der Waals surface area contributed by atoms with Crippen LogP contribution in [0.5, 0.6) is 0 Å². The molecule has 6 heteroatoms. The van der Waals surface area contributed by atoms with E-state index in [2.05, 4.69) is 10.2 Å². The summed E-state index contributed by atoms with van der Waals surface area (Å²) in [5, 5.41) is 2.83. The summed E-state index contributed by atoms with van der Waals surface area (Å²) in [5.41, 5.74) is 2.25. The Morgan fingerprint density at radius 3 is 2.38 bits per heavy atom. The third-order valence-electron chi connectivity index (χ3n) is 5.07. The minimum absolute atomic E-state index is 0.0542. The Morgan fingerprint density at radius 1 is 0.962 bits per heavy atom. The summed E-state index contributed by atoms with van der Waals surface area (Å²) in [7, 11) is 0. The highest BCUT2D eigenvalue weighted by Gasteiger charge is 2.25. The van der Waals surface area contributed by atoms with Gasteiger partial charge in [0.05, 0.1) is 11.8 Å². The second kappa shape index (κ2) is 7.23. The summed E-state index contributed by atoms with van der Waals surface area (Å²) < 4.78 is 5.14. The summed E-state index contributed by atoms with van der Waals surface area (Å²) in [5.74, 6) is -0.0111. The maximum Gasteiger partial charge on any atom is 0.291 e. The van der Waals surface area contributed by atoms with Gasteiger partial charge in [0, 0.05) is 37.6 Å². The Kier molecular flexibility index (Phi) is 4.65. The van der Waals surface area contributed by atoms with Gasteiger partial charge in [0.15, 0.2) is 5.76 Å². The fraction of sp³-hybridized carbons (Fsp3) is 0.400. The Hall–Kier alpha value is -2.76. The van der Waals surface area contributed by atoms with Gasteiger partial charge in [0.25, 0.3) is 11.8 Å². The highest BCUT2D eigenvalue weighted by Crippen LogP contribution is 2.29. The predicted octanol–water partition coefficient (Wildman–Crippen LogP) is 3.37. The lowest BCUT2D eigenvalue weighted by Gasteiger charge is -2.24. The zero-order valence-corrected chi connectivity index (χ0v) is 14.7. The summed E-state index contributed by atoms with van der Waals surface area (Å²) in [4.78, 5) is 29.5. The van der Waals surface area contributed by atoms with E-state index in [-0.39, 0.29) is 17.6 Å². The van der Waals surface area contributed by atoms with Crippen LogP contribution in [0.3, 0.4) is 0 Å². The number of nitrogens with one attached hydrogen (secondary N) is 1. The molecule has 136 valence electrons. The lowest BCUT2D eigenvalue weighted by atomic mass is 10.1. The maximum absolute atomic E-state index is 13.1. The Morgan fingerprint density at radius 2 is 1.69 bits per heavy atom. The van der Waals surface area contributed by atoms with Crippen LogP contribution in [0.1, 0.15) is 46.6 Å². The van der Waals surface area contributed by atoms with Gasteiger partial charge in [-0.25, -0.2) is 0 Å². The molecule has 2 fully saturated rings. The number of carbonyl (C=O) groups is 2. The lowest BCUT2D eigenvalue weighted by molar-refractivity contribution is 0.0793. The molecule has 1 aromatic heterocycles. The molecule has 1 N–H and O–H groups in total. The van der Waals surface area contributed by atoms with E-state index in [1.54, 1.807) is 18.2 Å². The van der Waals surface area contributed by atoms with Crippen molar-refractivity contribution in [3.63, 3.8) is 0 Å². The van der Waals surface area contributed by atoms with Gasteiger partial charge in [-0.1, -0.05) is 0 Å². The highest BCUT2D eigenvalue weighted by atomic mass is 16.3. The first-order valence-corrected chi connectivity index (χ1v) is 9.25. The molecule has 2 aliphatic rings. The topological polar surface area (TPSA) is 65.8 Å². The van der Waals surface area contributed by atoms with Crippen molar-refractivity contribution in [3.8, 4) is 0 Å². The molecular weight excluding hydrogens is 330 g/mol. The van der Waals surface area contributed by atoms with Crippen LogP contribution in [0.4, 0.5) is 11.4 Å². The second-order valence-electron chi connectivity index (χ2n) is 6.86. The molecule has 26 heavy (non-hydrogen) atoms. The SMILES string of the molecule is O=C(Nc1ccc(N2CCCC2)c(C(=O)N2CCCC2)c1)c1ccco1. The standard InChI is InChI=1S/C20H23N3O3/c24-19(18-6-5-13-26-18)21-15-7-8-17(22-9-1-2-10-22)16(14-15)20(25)23-11-3-4-12-23/h5-8,13-14H,1-4,9-12H2,(H,21,24). The molecule has 2 aromatic rings. The van der Waals surface area contributed by atoms with Crippen molar-refractivity contribution in [2.24, 2.45) is 0 Å². The largest absolute Gasteiger partial charge is 0.459 e. The third kappa shape index (κ3) is 3.31. The van der Waals surface area contributed by atoms with E-state index in [4.69, 9.17) is 4.42 Å². The van der Waals surface area contributed by atoms with Gasteiger partial charge < -0.3 is 19.5 Å². The van der Waals surface area contributed by atoms with Gasteiger partial charge in [-0.05, 0) is 56.0 Å². The number of hydrogen-bond donors (Lipinski definition) is 1. The molecule has 0 spiro atoms. The van der Waals surface area contributed by atoms with Crippen molar-refractivity contribution >= 4 is 23.2 Å². The fourth-order valence-corrected chi connectivity index (χ4v) is 3.71. The van der Waals surface area contributed by atoms with Crippen molar-refractivity contribution in [2.45, 2.75) is 25.7 Å². The predicted molar refractivity (Wildman–Crippen MR) is 99.7 cm³/mol. The number of likely N-dealkylation sites (tertiary alicyclic amines) is 1. The molecule has 0 aliphatic carbocycles. The van der Waals surface area contributed by atoms with Crippen LogP contribution in [0.25, 0.3) is 0 Å². The minimum Gasteiger partial charge on any atom is -0.459 e. The van der Waals surface area contributed by atoms with E-state index in [0.717, 1.165) is 57.5 Å². The minimum atomic E-state index is -0.316.